The van der Waals surface area contributed by atoms with E-state index in [2.05, 4.69) is 11.2 Å². The first-order valence-corrected chi connectivity index (χ1v) is 9.94. The van der Waals surface area contributed by atoms with Gasteiger partial charge < -0.3 is 4.90 Å². The normalized spacial score (nSPS) is 22.5. The van der Waals surface area contributed by atoms with Crippen molar-refractivity contribution in [2.24, 2.45) is 0 Å². The molecular weight excluding hydrogens is 350 g/mol. The van der Waals surface area contributed by atoms with Crippen LogP contribution >= 0.6 is 0 Å². The van der Waals surface area contributed by atoms with Gasteiger partial charge in [-0.3, -0.25) is 9.29 Å². The lowest BCUT2D eigenvalue weighted by molar-refractivity contribution is 0.345. The predicted octanol–water partition coefficient (Wildman–Crippen LogP) is 1.67. The van der Waals surface area contributed by atoms with Crippen molar-refractivity contribution in [1.82, 2.24) is 14.2 Å². The second kappa shape index (κ2) is 6.59. The Morgan fingerprint density at radius 2 is 1.69 bits per heavy atom. The van der Waals surface area contributed by atoms with Crippen molar-refractivity contribution in [3.8, 4) is 17.3 Å². The maximum absolute atomic E-state index is 13.0. The van der Waals surface area contributed by atoms with E-state index in [0.717, 1.165) is 11.1 Å². The number of nitrogens with zero attached hydrogens (tertiary/aromatic N) is 5. The Morgan fingerprint density at radius 1 is 1.00 bits per heavy atom. The van der Waals surface area contributed by atoms with Crippen molar-refractivity contribution in [1.29, 1.82) is 5.26 Å². The molecule has 8 heteroatoms. The predicted molar refractivity (Wildman–Crippen MR) is 98.2 cm³/mol. The first-order valence-electron chi connectivity index (χ1n) is 8.54. The van der Waals surface area contributed by atoms with E-state index in [1.54, 1.807) is 21.6 Å². The Labute approximate surface area is 153 Å². The van der Waals surface area contributed by atoms with Gasteiger partial charge in [-0.1, -0.05) is 12.1 Å². The fourth-order valence-electron chi connectivity index (χ4n) is 3.61. The van der Waals surface area contributed by atoms with Crippen molar-refractivity contribution < 1.29 is 8.42 Å². The maximum Gasteiger partial charge on any atom is 0.304 e. The van der Waals surface area contributed by atoms with Gasteiger partial charge in [0.25, 0.3) is 0 Å². The summed E-state index contributed by atoms with van der Waals surface area (Å²) in [6, 6.07) is 11.3. The van der Waals surface area contributed by atoms with E-state index in [4.69, 9.17) is 5.26 Å². The van der Waals surface area contributed by atoms with Crippen LogP contribution in [0.2, 0.25) is 0 Å². The molecule has 0 radical (unpaired) electrons. The van der Waals surface area contributed by atoms with Gasteiger partial charge in [-0.15, -0.1) is 0 Å². The first kappa shape index (κ1) is 16.8. The summed E-state index contributed by atoms with van der Waals surface area (Å²) in [5.74, 6) is 0. The average Bonchev–Trinajstić information content (AvgIpc) is 3.26. The van der Waals surface area contributed by atoms with Crippen LogP contribution in [0.3, 0.4) is 0 Å². The van der Waals surface area contributed by atoms with E-state index >= 15 is 0 Å². The lowest BCUT2D eigenvalue weighted by Gasteiger charge is -2.24. The standard InChI is InChI=1S/C18H19N5O2S/c19-14-21-10-7-18(13-21)23-12-11-22(26(23,24)25)17-3-1-15(2-4-17)16-5-8-20-9-6-16/h1-6,8-9,18H,7,10-13H2/t18-/m0/s1. The van der Waals surface area contributed by atoms with Gasteiger partial charge >= 0.3 is 10.2 Å². The molecular formula is C18H19N5O2S. The second-order valence-corrected chi connectivity index (χ2v) is 8.27. The molecule has 0 unspecified atom stereocenters. The highest BCUT2D eigenvalue weighted by atomic mass is 32.2. The largest absolute Gasteiger partial charge is 0.309 e. The molecule has 0 spiro atoms. The van der Waals surface area contributed by atoms with Crippen LogP contribution in [0.15, 0.2) is 48.8 Å². The lowest BCUT2D eigenvalue weighted by Crippen LogP contribution is -2.41. The topological polar surface area (TPSA) is 80.5 Å². The van der Waals surface area contributed by atoms with Crippen LogP contribution in [0.25, 0.3) is 11.1 Å². The lowest BCUT2D eigenvalue weighted by atomic mass is 10.1. The summed E-state index contributed by atoms with van der Waals surface area (Å²) in [7, 11) is -3.55. The summed E-state index contributed by atoms with van der Waals surface area (Å²) in [4.78, 5) is 5.63. The third kappa shape index (κ3) is 2.89. The summed E-state index contributed by atoms with van der Waals surface area (Å²) < 4.78 is 28.9. The zero-order valence-corrected chi connectivity index (χ0v) is 15.0. The van der Waals surface area contributed by atoms with Crippen LogP contribution in [0.4, 0.5) is 5.69 Å². The van der Waals surface area contributed by atoms with Crippen LogP contribution in [0.1, 0.15) is 6.42 Å². The number of hydrogen-bond acceptors (Lipinski definition) is 5. The molecule has 26 heavy (non-hydrogen) atoms. The molecule has 2 saturated heterocycles. The molecule has 1 atom stereocenters. The highest BCUT2D eigenvalue weighted by molar-refractivity contribution is 7.90. The van der Waals surface area contributed by atoms with E-state index in [1.165, 1.54) is 4.31 Å². The van der Waals surface area contributed by atoms with E-state index in [9.17, 15) is 8.42 Å². The van der Waals surface area contributed by atoms with E-state index < -0.39 is 10.2 Å². The third-order valence-electron chi connectivity index (χ3n) is 4.98. The summed E-state index contributed by atoms with van der Waals surface area (Å²) in [5.41, 5.74) is 2.73. The van der Waals surface area contributed by atoms with Crippen molar-refractivity contribution in [3.05, 3.63) is 48.8 Å². The number of hydrogen-bond donors (Lipinski definition) is 0. The molecule has 7 nitrogen and oxygen atoms in total. The van der Waals surface area contributed by atoms with Gasteiger partial charge in [0.05, 0.1) is 5.69 Å². The van der Waals surface area contributed by atoms with Gasteiger partial charge in [-0.2, -0.15) is 18.0 Å². The number of likely N-dealkylation sites (tertiary alicyclic amines) is 1. The van der Waals surface area contributed by atoms with E-state index in [0.29, 0.717) is 38.3 Å². The molecule has 0 saturated carbocycles. The molecule has 1 aromatic carbocycles. The highest BCUT2D eigenvalue weighted by Crippen LogP contribution is 2.31. The summed E-state index contributed by atoms with van der Waals surface area (Å²) >= 11 is 0. The minimum absolute atomic E-state index is 0.124. The summed E-state index contributed by atoms with van der Waals surface area (Å²) in [6.07, 6.45) is 6.27. The summed E-state index contributed by atoms with van der Waals surface area (Å²) in [6.45, 7) is 1.98. The van der Waals surface area contributed by atoms with Crippen molar-refractivity contribution in [2.75, 3.05) is 30.5 Å². The highest BCUT2D eigenvalue weighted by Gasteiger charge is 2.43. The zero-order valence-electron chi connectivity index (χ0n) is 14.2. The van der Waals surface area contributed by atoms with Crippen molar-refractivity contribution >= 4 is 15.9 Å². The fourth-order valence-corrected chi connectivity index (χ4v) is 5.43. The molecule has 0 amide bonds. The van der Waals surface area contributed by atoms with Gasteiger partial charge in [0.2, 0.25) is 0 Å². The average molecular weight is 369 g/mol. The Bertz CT molecular complexity index is 924. The zero-order chi connectivity index (χ0) is 18.1. The van der Waals surface area contributed by atoms with Crippen LogP contribution in [0.5, 0.6) is 0 Å². The summed E-state index contributed by atoms with van der Waals surface area (Å²) in [5, 5.41) is 9.00. The van der Waals surface area contributed by atoms with Gasteiger partial charge in [-0.25, -0.2) is 0 Å². The number of benzene rings is 1. The third-order valence-corrected chi connectivity index (χ3v) is 7.00. The van der Waals surface area contributed by atoms with Crippen molar-refractivity contribution in [2.45, 2.75) is 12.5 Å². The molecule has 3 heterocycles. The Balaban J connectivity index is 1.54. The molecule has 0 N–H and O–H groups in total. The minimum Gasteiger partial charge on any atom is -0.309 e. The Kier molecular flexibility index (Phi) is 4.26. The molecule has 2 aliphatic heterocycles. The smallest absolute Gasteiger partial charge is 0.304 e. The monoisotopic (exact) mass is 369 g/mol. The molecule has 4 rings (SSSR count). The van der Waals surface area contributed by atoms with Gasteiger partial charge in [0, 0.05) is 44.6 Å². The quantitative estimate of drug-likeness (QED) is 0.769. The molecule has 2 aliphatic rings. The maximum atomic E-state index is 13.0. The fraction of sp³-hybridized carbons (Fsp3) is 0.333. The van der Waals surface area contributed by atoms with Gasteiger partial charge in [0.1, 0.15) is 0 Å². The molecule has 1 aromatic heterocycles. The first-order chi connectivity index (χ1) is 12.6. The Hall–Kier alpha value is -2.63. The van der Waals surface area contributed by atoms with Crippen LogP contribution in [0, 0.1) is 11.5 Å². The minimum atomic E-state index is -3.55. The van der Waals surface area contributed by atoms with Gasteiger partial charge in [-0.05, 0) is 41.8 Å². The molecule has 0 bridgehead atoms. The van der Waals surface area contributed by atoms with Crippen LogP contribution < -0.4 is 4.31 Å². The number of aromatic nitrogens is 1. The number of nitriles is 1. The van der Waals surface area contributed by atoms with Crippen molar-refractivity contribution in [3.63, 3.8) is 0 Å². The van der Waals surface area contributed by atoms with Crippen LogP contribution in [-0.2, 0) is 10.2 Å². The molecule has 134 valence electrons. The van der Waals surface area contributed by atoms with E-state index in [1.807, 2.05) is 36.4 Å². The number of anilines is 1. The SMILES string of the molecule is N#CN1CC[C@H](N2CCN(c3ccc(-c4ccncc4)cc3)S2(=O)=O)C1. The van der Waals surface area contributed by atoms with Gasteiger partial charge in [0.15, 0.2) is 6.19 Å². The molecule has 2 aromatic rings. The number of pyridine rings is 1. The number of rotatable bonds is 3. The second-order valence-electron chi connectivity index (χ2n) is 6.46. The molecule has 2 fully saturated rings. The molecule has 0 aliphatic carbocycles. The Morgan fingerprint density at radius 3 is 2.35 bits per heavy atom. The van der Waals surface area contributed by atoms with E-state index in [-0.39, 0.29) is 6.04 Å². The van der Waals surface area contributed by atoms with Crippen LogP contribution in [-0.4, -0.2) is 54.8 Å².